The fourth-order valence-electron chi connectivity index (χ4n) is 1.38. The van der Waals surface area contributed by atoms with Crippen LogP contribution < -0.4 is 5.32 Å². The van der Waals surface area contributed by atoms with Crippen LogP contribution in [0.15, 0.2) is 22.6 Å². The molecule has 0 aliphatic heterocycles. The predicted molar refractivity (Wildman–Crippen MR) is 57.9 cm³/mol. The molecule has 0 fully saturated rings. The van der Waals surface area contributed by atoms with E-state index in [4.69, 9.17) is 4.42 Å². The average Bonchev–Trinajstić information content (AvgIpc) is 2.53. The highest BCUT2D eigenvalue weighted by Gasteiger charge is 2.02. The molecule has 2 aromatic rings. The molecule has 0 unspecified atom stereocenters. The van der Waals surface area contributed by atoms with E-state index < -0.39 is 0 Å². The van der Waals surface area contributed by atoms with Gasteiger partial charge in [0, 0.05) is 12.6 Å². The number of ketones is 1. The molecule has 1 heterocycles. The van der Waals surface area contributed by atoms with Crippen molar-refractivity contribution in [3.05, 3.63) is 24.1 Å². The summed E-state index contributed by atoms with van der Waals surface area (Å²) >= 11 is 0. The first-order chi connectivity index (χ1) is 7.15. The Morgan fingerprint density at radius 2 is 2.33 bits per heavy atom. The lowest BCUT2D eigenvalue weighted by molar-refractivity contribution is -0.115. The first kappa shape index (κ1) is 9.71. The van der Waals surface area contributed by atoms with E-state index in [9.17, 15) is 4.79 Å². The molecule has 0 aliphatic rings. The quantitative estimate of drug-likeness (QED) is 0.832. The number of anilines is 1. The number of aromatic nitrogens is 1. The number of hydrogen-bond acceptors (Lipinski definition) is 4. The van der Waals surface area contributed by atoms with E-state index in [1.165, 1.54) is 0 Å². The van der Waals surface area contributed by atoms with E-state index in [1.807, 2.05) is 25.1 Å². The largest absolute Gasteiger partial charge is 0.441 e. The van der Waals surface area contributed by atoms with Crippen molar-refractivity contribution in [1.82, 2.24) is 4.98 Å². The highest BCUT2D eigenvalue weighted by Crippen LogP contribution is 2.19. The van der Waals surface area contributed by atoms with Crippen molar-refractivity contribution in [2.75, 3.05) is 11.9 Å². The predicted octanol–water partition coefficient (Wildman–Crippen LogP) is 2.14. The van der Waals surface area contributed by atoms with Gasteiger partial charge in [0.25, 0.3) is 0 Å². The number of carbonyl (C=O) groups is 1. The van der Waals surface area contributed by atoms with Gasteiger partial charge in [0.1, 0.15) is 11.3 Å². The summed E-state index contributed by atoms with van der Waals surface area (Å²) in [6.45, 7) is 3.69. The van der Waals surface area contributed by atoms with Crippen molar-refractivity contribution in [2.45, 2.75) is 13.8 Å². The van der Waals surface area contributed by atoms with Crippen molar-refractivity contribution in [1.29, 1.82) is 0 Å². The molecule has 4 nitrogen and oxygen atoms in total. The maximum Gasteiger partial charge on any atom is 0.192 e. The van der Waals surface area contributed by atoms with Crippen LogP contribution in [0.5, 0.6) is 0 Å². The summed E-state index contributed by atoms with van der Waals surface area (Å²) in [4.78, 5) is 15.0. The van der Waals surface area contributed by atoms with Gasteiger partial charge in [-0.2, -0.15) is 0 Å². The van der Waals surface area contributed by atoms with Crippen molar-refractivity contribution >= 4 is 22.6 Å². The van der Waals surface area contributed by atoms with Gasteiger partial charge < -0.3 is 9.73 Å². The SMILES string of the molecule is CC(=O)CNc1ccc2oc(C)nc2c1. The molecular weight excluding hydrogens is 192 g/mol. The van der Waals surface area contributed by atoms with Crippen LogP contribution >= 0.6 is 0 Å². The zero-order valence-electron chi connectivity index (χ0n) is 8.70. The monoisotopic (exact) mass is 204 g/mol. The van der Waals surface area contributed by atoms with E-state index in [1.54, 1.807) is 6.92 Å². The van der Waals surface area contributed by atoms with Crippen LogP contribution in [0.1, 0.15) is 12.8 Å². The third kappa shape index (κ3) is 2.15. The lowest BCUT2D eigenvalue weighted by atomic mass is 10.3. The van der Waals surface area contributed by atoms with Crippen LogP contribution in [-0.2, 0) is 4.79 Å². The molecular formula is C11H12N2O2. The molecule has 0 bridgehead atoms. The van der Waals surface area contributed by atoms with Crippen molar-refractivity contribution in [3.8, 4) is 0 Å². The van der Waals surface area contributed by atoms with Gasteiger partial charge in [0.05, 0.1) is 6.54 Å². The highest BCUT2D eigenvalue weighted by molar-refractivity contribution is 5.82. The Kier molecular flexibility index (Phi) is 2.41. The molecule has 4 heteroatoms. The lowest BCUT2D eigenvalue weighted by Gasteiger charge is -2.02. The summed E-state index contributed by atoms with van der Waals surface area (Å²) in [6, 6.07) is 5.59. The molecule has 0 saturated carbocycles. The highest BCUT2D eigenvalue weighted by atomic mass is 16.3. The molecule has 0 radical (unpaired) electrons. The van der Waals surface area contributed by atoms with Crippen LogP contribution in [0, 0.1) is 6.92 Å². The zero-order chi connectivity index (χ0) is 10.8. The maximum absolute atomic E-state index is 10.8. The van der Waals surface area contributed by atoms with Crippen LogP contribution in [0.4, 0.5) is 5.69 Å². The van der Waals surface area contributed by atoms with E-state index in [0.29, 0.717) is 12.4 Å². The Balaban J connectivity index is 2.26. The zero-order valence-corrected chi connectivity index (χ0v) is 8.70. The number of carbonyl (C=O) groups excluding carboxylic acids is 1. The fraction of sp³-hybridized carbons (Fsp3) is 0.273. The van der Waals surface area contributed by atoms with E-state index in [2.05, 4.69) is 10.3 Å². The number of benzene rings is 1. The number of oxazole rings is 1. The van der Waals surface area contributed by atoms with Gasteiger partial charge in [-0.05, 0) is 25.1 Å². The normalized spacial score (nSPS) is 10.5. The number of aryl methyl sites for hydroxylation is 1. The topological polar surface area (TPSA) is 55.1 Å². The van der Waals surface area contributed by atoms with E-state index in [-0.39, 0.29) is 5.78 Å². The van der Waals surface area contributed by atoms with Crippen LogP contribution in [-0.4, -0.2) is 17.3 Å². The van der Waals surface area contributed by atoms with Crippen molar-refractivity contribution < 1.29 is 9.21 Å². The number of rotatable bonds is 3. The minimum atomic E-state index is 0.103. The van der Waals surface area contributed by atoms with Gasteiger partial charge in [-0.3, -0.25) is 4.79 Å². The summed E-state index contributed by atoms with van der Waals surface area (Å²) in [5.74, 6) is 0.750. The maximum atomic E-state index is 10.8. The van der Waals surface area contributed by atoms with Gasteiger partial charge >= 0.3 is 0 Å². The first-order valence-corrected chi connectivity index (χ1v) is 4.75. The summed E-state index contributed by atoms with van der Waals surface area (Å²) < 4.78 is 5.34. The Morgan fingerprint density at radius 3 is 3.07 bits per heavy atom. The summed E-state index contributed by atoms with van der Waals surface area (Å²) in [6.07, 6.45) is 0. The molecule has 0 aliphatic carbocycles. The first-order valence-electron chi connectivity index (χ1n) is 4.75. The molecule has 0 amide bonds. The van der Waals surface area contributed by atoms with Crippen LogP contribution in [0.25, 0.3) is 11.1 Å². The number of nitrogens with zero attached hydrogens (tertiary/aromatic N) is 1. The van der Waals surface area contributed by atoms with Crippen LogP contribution in [0.3, 0.4) is 0 Å². The second-order valence-electron chi connectivity index (χ2n) is 3.47. The van der Waals surface area contributed by atoms with E-state index in [0.717, 1.165) is 16.8 Å². The van der Waals surface area contributed by atoms with Crippen molar-refractivity contribution in [3.63, 3.8) is 0 Å². The van der Waals surface area contributed by atoms with Crippen molar-refractivity contribution in [2.24, 2.45) is 0 Å². The Labute approximate surface area is 87.3 Å². The fourth-order valence-corrected chi connectivity index (χ4v) is 1.38. The van der Waals surface area contributed by atoms with Gasteiger partial charge in [-0.15, -0.1) is 0 Å². The minimum absolute atomic E-state index is 0.103. The average molecular weight is 204 g/mol. The summed E-state index contributed by atoms with van der Waals surface area (Å²) in [7, 11) is 0. The Hall–Kier alpha value is -1.84. The van der Waals surface area contributed by atoms with Gasteiger partial charge in [-0.25, -0.2) is 4.98 Å². The second-order valence-corrected chi connectivity index (χ2v) is 3.47. The van der Waals surface area contributed by atoms with Gasteiger partial charge in [0.15, 0.2) is 11.5 Å². The van der Waals surface area contributed by atoms with Crippen LogP contribution in [0.2, 0.25) is 0 Å². The number of nitrogens with one attached hydrogen (secondary N) is 1. The molecule has 1 aromatic carbocycles. The standard InChI is InChI=1S/C11H12N2O2/c1-7(14)6-12-9-3-4-11-10(5-9)13-8(2)15-11/h3-5,12H,6H2,1-2H3. The third-order valence-electron chi connectivity index (χ3n) is 2.04. The molecule has 1 aromatic heterocycles. The molecule has 1 N–H and O–H groups in total. The smallest absolute Gasteiger partial charge is 0.192 e. The lowest BCUT2D eigenvalue weighted by Crippen LogP contribution is -2.09. The second kappa shape index (κ2) is 3.73. The number of hydrogen-bond donors (Lipinski definition) is 1. The van der Waals surface area contributed by atoms with E-state index >= 15 is 0 Å². The van der Waals surface area contributed by atoms with Gasteiger partial charge in [-0.1, -0.05) is 0 Å². The minimum Gasteiger partial charge on any atom is -0.441 e. The number of Topliss-reactive ketones (excluding diaryl/α,β-unsaturated/α-hetero) is 1. The molecule has 0 spiro atoms. The molecule has 15 heavy (non-hydrogen) atoms. The Morgan fingerprint density at radius 1 is 1.53 bits per heavy atom. The third-order valence-corrected chi connectivity index (χ3v) is 2.04. The number of fused-ring (bicyclic) bond motifs is 1. The molecule has 2 rings (SSSR count). The summed E-state index contributed by atoms with van der Waals surface area (Å²) in [5, 5.41) is 3.01. The molecule has 0 saturated heterocycles. The molecule has 0 atom stereocenters. The van der Waals surface area contributed by atoms with Gasteiger partial charge in [0.2, 0.25) is 0 Å². The molecule has 78 valence electrons. The Bertz CT molecular complexity index is 502. The summed E-state index contributed by atoms with van der Waals surface area (Å²) in [5.41, 5.74) is 2.45.